The van der Waals surface area contributed by atoms with Gasteiger partial charge in [0.25, 0.3) is 0 Å². The van der Waals surface area contributed by atoms with Crippen LogP contribution < -0.4 is 5.32 Å². The van der Waals surface area contributed by atoms with Gasteiger partial charge in [-0.2, -0.15) is 4.31 Å². The summed E-state index contributed by atoms with van der Waals surface area (Å²) in [7, 11) is -3.38. The standard InChI is InChI=1S/C10H17ClN2O4S/c1-9(11)8-12-10(14)2-7-18(15,16)13-3-5-17-6-4-13/h1-8H2,(H,12,14). The highest BCUT2D eigenvalue weighted by Gasteiger charge is 2.24. The van der Waals surface area contributed by atoms with Gasteiger partial charge >= 0.3 is 0 Å². The second-order valence-corrected chi connectivity index (χ2v) is 6.49. The van der Waals surface area contributed by atoms with Crippen molar-refractivity contribution < 1.29 is 17.9 Å². The minimum Gasteiger partial charge on any atom is -0.379 e. The Balaban J connectivity index is 2.36. The van der Waals surface area contributed by atoms with Gasteiger partial charge in [0.1, 0.15) is 0 Å². The van der Waals surface area contributed by atoms with Crippen molar-refractivity contribution in [2.24, 2.45) is 0 Å². The monoisotopic (exact) mass is 296 g/mol. The van der Waals surface area contributed by atoms with Crippen molar-refractivity contribution in [3.05, 3.63) is 11.6 Å². The zero-order valence-corrected chi connectivity index (χ0v) is 11.6. The molecule has 1 amide bonds. The number of amides is 1. The number of rotatable bonds is 6. The number of sulfonamides is 1. The third-order valence-corrected chi connectivity index (χ3v) is 4.43. The normalized spacial score (nSPS) is 17.4. The number of ether oxygens (including phenoxy) is 1. The van der Waals surface area contributed by atoms with E-state index in [2.05, 4.69) is 11.9 Å². The fourth-order valence-electron chi connectivity index (χ4n) is 1.46. The quantitative estimate of drug-likeness (QED) is 0.743. The molecule has 0 aromatic rings. The molecule has 0 aromatic heterocycles. The van der Waals surface area contributed by atoms with Crippen LogP contribution in [0.3, 0.4) is 0 Å². The van der Waals surface area contributed by atoms with E-state index in [4.69, 9.17) is 16.3 Å². The van der Waals surface area contributed by atoms with E-state index in [1.54, 1.807) is 0 Å². The highest BCUT2D eigenvalue weighted by atomic mass is 35.5. The van der Waals surface area contributed by atoms with Crippen LogP contribution in [0.25, 0.3) is 0 Å². The van der Waals surface area contributed by atoms with Gasteiger partial charge in [-0.1, -0.05) is 18.2 Å². The van der Waals surface area contributed by atoms with Crippen LogP contribution in [0, 0.1) is 0 Å². The molecule has 0 unspecified atom stereocenters. The van der Waals surface area contributed by atoms with Crippen LogP contribution >= 0.6 is 11.6 Å². The first-order valence-corrected chi connectivity index (χ1v) is 7.56. The molecule has 0 spiro atoms. The molecule has 1 N–H and O–H groups in total. The Hall–Kier alpha value is -0.630. The molecule has 1 heterocycles. The first-order chi connectivity index (χ1) is 8.42. The zero-order valence-electron chi connectivity index (χ0n) is 10.0. The number of halogens is 1. The van der Waals surface area contributed by atoms with E-state index in [1.165, 1.54) is 4.31 Å². The second-order valence-electron chi connectivity index (χ2n) is 3.87. The predicted octanol–water partition coefficient (Wildman–Crippen LogP) is -0.0928. The average molecular weight is 297 g/mol. The third kappa shape index (κ3) is 5.34. The van der Waals surface area contributed by atoms with Crippen LogP contribution in [0.2, 0.25) is 0 Å². The maximum absolute atomic E-state index is 11.9. The van der Waals surface area contributed by atoms with Gasteiger partial charge in [0, 0.05) is 24.5 Å². The Bertz CT molecular complexity index is 404. The van der Waals surface area contributed by atoms with Crippen molar-refractivity contribution in [1.82, 2.24) is 9.62 Å². The largest absolute Gasteiger partial charge is 0.379 e. The van der Waals surface area contributed by atoms with Gasteiger partial charge in [-0.15, -0.1) is 0 Å². The van der Waals surface area contributed by atoms with Crippen molar-refractivity contribution in [2.45, 2.75) is 6.42 Å². The Morgan fingerprint density at radius 3 is 2.56 bits per heavy atom. The Morgan fingerprint density at radius 1 is 1.39 bits per heavy atom. The van der Waals surface area contributed by atoms with Gasteiger partial charge < -0.3 is 10.1 Å². The summed E-state index contributed by atoms with van der Waals surface area (Å²) in [5, 5.41) is 2.78. The molecular weight excluding hydrogens is 280 g/mol. The fourth-order valence-corrected chi connectivity index (χ4v) is 2.93. The first-order valence-electron chi connectivity index (χ1n) is 5.57. The van der Waals surface area contributed by atoms with Crippen molar-refractivity contribution in [3.8, 4) is 0 Å². The van der Waals surface area contributed by atoms with Crippen LogP contribution in [0.4, 0.5) is 0 Å². The smallest absolute Gasteiger partial charge is 0.221 e. The zero-order chi connectivity index (χ0) is 13.6. The molecule has 0 radical (unpaired) electrons. The summed E-state index contributed by atoms with van der Waals surface area (Å²) in [4.78, 5) is 11.4. The second kappa shape index (κ2) is 7.08. The van der Waals surface area contributed by atoms with E-state index in [9.17, 15) is 13.2 Å². The molecule has 8 heteroatoms. The van der Waals surface area contributed by atoms with Crippen molar-refractivity contribution in [2.75, 3.05) is 38.6 Å². The molecule has 0 atom stereocenters. The van der Waals surface area contributed by atoms with Crippen molar-refractivity contribution in [1.29, 1.82) is 0 Å². The summed E-state index contributed by atoms with van der Waals surface area (Å²) in [5.74, 6) is -0.554. The molecule has 6 nitrogen and oxygen atoms in total. The molecule has 1 rings (SSSR count). The molecule has 1 aliphatic rings. The van der Waals surface area contributed by atoms with Gasteiger partial charge in [-0.25, -0.2) is 8.42 Å². The molecule has 1 saturated heterocycles. The lowest BCUT2D eigenvalue weighted by Gasteiger charge is -2.25. The summed E-state index contributed by atoms with van der Waals surface area (Å²) in [6.07, 6.45) is -0.0795. The van der Waals surface area contributed by atoms with Gasteiger partial charge in [-0.05, 0) is 0 Å². The predicted molar refractivity (Wildman–Crippen MR) is 68.8 cm³/mol. The van der Waals surface area contributed by atoms with Crippen LogP contribution in [0.5, 0.6) is 0 Å². The number of nitrogens with zero attached hydrogens (tertiary/aromatic N) is 1. The molecule has 18 heavy (non-hydrogen) atoms. The molecule has 1 aliphatic heterocycles. The summed E-state index contributed by atoms with van der Waals surface area (Å²) in [6, 6.07) is 0. The Morgan fingerprint density at radius 2 is 2.00 bits per heavy atom. The number of hydrogen-bond donors (Lipinski definition) is 1. The Labute approximate surface area is 112 Å². The van der Waals surface area contributed by atoms with E-state index in [1.807, 2.05) is 0 Å². The summed E-state index contributed by atoms with van der Waals surface area (Å²) in [5.41, 5.74) is 0. The highest BCUT2D eigenvalue weighted by molar-refractivity contribution is 7.89. The lowest BCUT2D eigenvalue weighted by molar-refractivity contribution is -0.120. The van der Waals surface area contributed by atoms with E-state index in [0.717, 1.165) is 0 Å². The van der Waals surface area contributed by atoms with E-state index in [0.29, 0.717) is 31.3 Å². The molecule has 0 bridgehead atoms. The SMILES string of the molecule is C=C(Cl)CNC(=O)CCS(=O)(=O)N1CCOCC1. The fraction of sp³-hybridized carbons (Fsp3) is 0.700. The van der Waals surface area contributed by atoms with Crippen molar-refractivity contribution >= 4 is 27.5 Å². The summed E-state index contributed by atoms with van der Waals surface area (Å²) >= 11 is 5.48. The number of nitrogens with one attached hydrogen (secondary N) is 1. The molecule has 0 aliphatic carbocycles. The molecule has 0 aromatic carbocycles. The highest BCUT2D eigenvalue weighted by Crippen LogP contribution is 2.06. The maximum atomic E-state index is 11.9. The minimum atomic E-state index is -3.38. The third-order valence-electron chi connectivity index (χ3n) is 2.43. The molecular formula is C10H17ClN2O4S. The van der Waals surface area contributed by atoms with E-state index >= 15 is 0 Å². The van der Waals surface area contributed by atoms with E-state index in [-0.39, 0.29) is 24.6 Å². The van der Waals surface area contributed by atoms with Gasteiger partial charge in [0.05, 0.1) is 25.5 Å². The van der Waals surface area contributed by atoms with Gasteiger partial charge in [0.2, 0.25) is 15.9 Å². The Kier molecular flexibility index (Phi) is 6.07. The molecule has 104 valence electrons. The van der Waals surface area contributed by atoms with Gasteiger partial charge in [0.15, 0.2) is 0 Å². The average Bonchev–Trinajstić information content (AvgIpc) is 2.35. The summed E-state index contributed by atoms with van der Waals surface area (Å²) < 4.78 is 30.2. The minimum absolute atomic E-state index is 0.0795. The summed E-state index contributed by atoms with van der Waals surface area (Å²) in [6.45, 7) is 5.07. The first kappa shape index (κ1) is 15.4. The van der Waals surface area contributed by atoms with Crippen LogP contribution in [-0.2, 0) is 19.6 Å². The maximum Gasteiger partial charge on any atom is 0.221 e. The number of hydrogen-bond acceptors (Lipinski definition) is 4. The number of morpholine rings is 1. The van der Waals surface area contributed by atoms with Crippen LogP contribution in [-0.4, -0.2) is 57.2 Å². The molecule has 0 saturated carbocycles. The molecule has 1 fully saturated rings. The van der Waals surface area contributed by atoms with E-state index < -0.39 is 10.0 Å². The number of carbonyl (C=O) groups is 1. The topological polar surface area (TPSA) is 75.7 Å². The number of carbonyl (C=O) groups excluding carboxylic acids is 1. The van der Waals surface area contributed by atoms with Crippen LogP contribution in [0.1, 0.15) is 6.42 Å². The van der Waals surface area contributed by atoms with Gasteiger partial charge in [-0.3, -0.25) is 4.79 Å². The van der Waals surface area contributed by atoms with Crippen molar-refractivity contribution in [3.63, 3.8) is 0 Å². The van der Waals surface area contributed by atoms with Crippen LogP contribution in [0.15, 0.2) is 11.6 Å². The lowest BCUT2D eigenvalue weighted by Crippen LogP contribution is -2.42. The lowest BCUT2D eigenvalue weighted by atomic mass is 10.4.